The zero-order chi connectivity index (χ0) is 17.5. The molecule has 0 aliphatic rings. The summed E-state index contributed by atoms with van der Waals surface area (Å²) in [5.74, 6) is 0.978. The number of hydrogen-bond donors (Lipinski definition) is 2. The van der Waals surface area contributed by atoms with Gasteiger partial charge < -0.3 is 19.6 Å². The van der Waals surface area contributed by atoms with Crippen LogP contribution in [0.5, 0.6) is 5.75 Å². The first kappa shape index (κ1) is 16.8. The largest absolute Gasteiger partial charge is 0.489 e. The molecule has 0 saturated heterocycles. The maximum Gasteiger partial charge on any atom is 0.251 e. The van der Waals surface area contributed by atoms with Gasteiger partial charge >= 0.3 is 0 Å². The number of rotatable bonds is 7. The zero-order valence-electron chi connectivity index (χ0n) is 13.6. The number of benzene rings is 2. The Kier molecular flexibility index (Phi) is 5.49. The van der Waals surface area contributed by atoms with Crippen molar-refractivity contribution in [2.45, 2.75) is 12.7 Å². The van der Waals surface area contributed by atoms with Gasteiger partial charge in [0.25, 0.3) is 5.91 Å². The molecule has 1 unspecified atom stereocenters. The zero-order valence-corrected chi connectivity index (χ0v) is 13.6. The number of carbonyl (C=O) groups excluding carboxylic acids is 1. The average molecular weight is 337 g/mol. The molecule has 0 bridgehead atoms. The van der Waals surface area contributed by atoms with Gasteiger partial charge in [0.1, 0.15) is 24.2 Å². The van der Waals surface area contributed by atoms with E-state index in [0.29, 0.717) is 17.9 Å². The van der Waals surface area contributed by atoms with E-state index in [1.54, 1.807) is 24.3 Å². The molecule has 25 heavy (non-hydrogen) atoms. The van der Waals surface area contributed by atoms with E-state index < -0.39 is 6.10 Å². The molecule has 3 rings (SSSR count). The standard InChI is InChI=1S/C20H19NO4/c22-18(19-7-4-12-24-19)13-21-20(23)16-10-8-15(9-11-16)14-25-17-5-2-1-3-6-17/h1-12,18,22H,13-14H2,(H,21,23). The van der Waals surface area contributed by atoms with Crippen molar-refractivity contribution in [3.8, 4) is 5.75 Å². The number of amides is 1. The van der Waals surface area contributed by atoms with Crippen LogP contribution in [0.1, 0.15) is 27.8 Å². The fourth-order valence-corrected chi connectivity index (χ4v) is 2.31. The Bertz CT molecular complexity index is 782. The van der Waals surface area contributed by atoms with Gasteiger partial charge in [-0.05, 0) is 42.0 Å². The quantitative estimate of drug-likeness (QED) is 0.694. The van der Waals surface area contributed by atoms with E-state index in [1.807, 2.05) is 42.5 Å². The third-order valence-electron chi connectivity index (χ3n) is 3.69. The molecule has 3 aromatic rings. The number of aliphatic hydroxyl groups excluding tert-OH is 1. The Hall–Kier alpha value is -3.05. The fourth-order valence-electron chi connectivity index (χ4n) is 2.31. The van der Waals surface area contributed by atoms with E-state index in [0.717, 1.165) is 11.3 Å². The Morgan fingerprint density at radius 3 is 2.48 bits per heavy atom. The third kappa shape index (κ3) is 4.71. The van der Waals surface area contributed by atoms with Crippen molar-refractivity contribution in [3.63, 3.8) is 0 Å². The van der Waals surface area contributed by atoms with Crippen LogP contribution in [-0.4, -0.2) is 17.6 Å². The minimum absolute atomic E-state index is 0.0885. The van der Waals surface area contributed by atoms with Crippen LogP contribution in [0.2, 0.25) is 0 Å². The van der Waals surface area contributed by atoms with Crippen molar-refractivity contribution in [2.75, 3.05) is 6.54 Å². The molecule has 0 aliphatic carbocycles. The monoisotopic (exact) mass is 337 g/mol. The molecule has 0 aliphatic heterocycles. The number of ether oxygens (including phenoxy) is 1. The first-order valence-corrected chi connectivity index (χ1v) is 7.99. The highest BCUT2D eigenvalue weighted by Gasteiger charge is 2.12. The van der Waals surface area contributed by atoms with Crippen molar-refractivity contribution in [1.29, 1.82) is 0 Å². The summed E-state index contributed by atoms with van der Waals surface area (Å²) in [5, 5.41) is 12.6. The van der Waals surface area contributed by atoms with Gasteiger partial charge in [-0.3, -0.25) is 4.79 Å². The highest BCUT2D eigenvalue weighted by atomic mass is 16.5. The van der Waals surface area contributed by atoms with Crippen LogP contribution in [0.15, 0.2) is 77.4 Å². The number of aliphatic hydroxyl groups is 1. The van der Waals surface area contributed by atoms with Gasteiger partial charge in [0.2, 0.25) is 0 Å². The molecule has 1 aromatic heterocycles. The number of nitrogens with one attached hydrogen (secondary N) is 1. The van der Waals surface area contributed by atoms with Crippen LogP contribution >= 0.6 is 0 Å². The van der Waals surface area contributed by atoms with Crippen molar-refractivity contribution < 1.29 is 19.1 Å². The van der Waals surface area contributed by atoms with Crippen molar-refractivity contribution in [2.24, 2.45) is 0 Å². The summed E-state index contributed by atoms with van der Waals surface area (Å²) in [6.07, 6.45) is 0.619. The van der Waals surface area contributed by atoms with Gasteiger partial charge in [-0.2, -0.15) is 0 Å². The van der Waals surface area contributed by atoms with E-state index >= 15 is 0 Å². The van der Waals surface area contributed by atoms with Gasteiger partial charge in [-0.25, -0.2) is 0 Å². The smallest absolute Gasteiger partial charge is 0.251 e. The van der Waals surface area contributed by atoms with E-state index in [4.69, 9.17) is 9.15 Å². The topological polar surface area (TPSA) is 71.7 Å². The molecule has 1 amide bonds. The number of hydrogen-bond acceptors (Lipinski definition) is 4. The Morgan fingerprint density at radius 2 is 1.80 bits per heavy atom. The summed E-state index contributed by atoms with van der Waals surface area (Å²) in [4.78, 5) is 12.1. The lowest BCUT2D eigenvalue weighted by atomic mass is 10.1. The van der Waals surface area contributed by atoms with Crippen LogP contribution in [0.4, 0.5) is 0 Å². The van der Waals surface area contributed by atoms with Crippen LogP contribution in [0.3, 0.4) is 0 Å². The summed E-state index contributed by atoms with van der Waals surface area (Å²) in [6.45, 7) is 0.522. The van der Waals surface area contributed by atoms with Crippen LogP contribution in [0.25, 0.3) is 0 Å². The lowest BCUT2D eigenvalue weighted by Gasteiger charge is -2.10. The van der Waals surface area contributed by atoms with E-state index in [2.05, 4.69) is 5.32 Å². The second-order valence-electron chi connectivity index (χ2n) is 5.54. The lowest BCUT2D eigenvalue weighted by Crippen LogP contribution is -2.28. The van der Waals surface area contributed by atoms with Gasteiger partial charge in [-0.1, -0.05) is 30.3 Å². The van der Waals surface area contributed by atoms with Crippen LogP contribution < -0.4 is 10.1 Å². The second kappa shape index (κ2) is 8.17. The minimum atomic E-state index is -0.863. The second-order valence-corrected chi connectivity index (χ2v) is 5.54. The summed E-state index contributed by atoms with van der Waals surface area (Å²) < 4.78 is 10.8. The van der Waals surface area contributed by atoms with Gasteiger partial charge in [0.05, 0.1) is 12.8 Å². The molecular formula is C20H19NO4. The maximum absolute atomic E-state index is 12.1. The van der Waals surface area contributed by atoms with Gasteiger partial charge in [-0.15, -0.1) is 0 Å². The van der Waals surface area contributed by atoms with E-state index in [9.17, 15) is 9.90 Å². The molecule has 5 heteroatoms. The Balaban J connectivity index is 1.50. The first-order valence-electron chi connectivity index (χ1n) is 7.99. The lowest BCUT2D eigenvalue weighted by molar-refractivity contribution is 0.0901. The number of carbonyl (C=O) groups is 1. The molecule has 0 fully saturated rings. The molecule has 1 atom stereocenters. The van der Waals surface area contributed by atoms with Crippen LogP contribution in [0, 0.1) is 0 Å². The third-order valence-corrected chi connectivity index (χ3v) is 3.69. The molecule has 2 aromatic carbocycles. The highest BCUT2D eigenvalue weighted by molar-refractivity contribution is 5.94. The van der Waals surface area contributed by atoms with Gasteiger partial charge in [0, 0.05) is 5.56 Å². The predicted octanol–water partition coefficient (Wildman–Crippen LogP) is 3.32. The fraction of sp³-hybridized carbons (Fsp3) is 0.150. The van der Waals surface area contributed by atoms with E-state index in [1.165, 1.54) is 6.26 Å². The molecule has 5 nitrogen and oxygen atoms in total. The normalized spacial score (nSPS) is 11.7. The summed E-state index contributed by atoms with van der Waals surface area (Å²) in [5.41, 5.74) is 1.49. The molecule has 0 spiro atoms. The van der Waals surface area contributed by atoms with Crippen molar-refractivity contribution in [1.82, 2.24) is 5.32 Å². The van der Waals surface area contributed by atoms with Crippen molar-refractivity contribution in [3.05, 3.63) is 89.9 Å². The molecule has 1 heterocycles. The maximum atomic E-state index is 12.1. The molecule has 128 valence electrons. The summed E-state index contributed by atoms with van der Waals surface area (Å²) in [6, 6.07) is 20.1. The number of furan rings is 1. The number of para-hydroxylation sites is 1. The molecule has 2 N–H and O–H groups in total. The summed E-state index contributed by atoms with van der Waals surface area (Å²) in [7, 11) is 0. The average Bonchev–Trinajstić information content (AvgIpc) is 3.20. The van der Waals surface area contributed by atoms with E-state index in [-0.39, 0.29) is 12.5 Å². The molecule has 0 radical (unpaired) electrons. The van der Waals surface area contributed by atoms with Gasteiger partial charge in [0.15, 0.2) is 0 Å². The van der Waals surface area contributed by atoms with Crippen molar-refractivity contribution >= 4 is 5.91 Å². The predicted molar refractivity (Wildman–Crippen MR) is 93.2 cm³/mol. The highest BCUT2D eigenvalue weighted by Crippen LogP contribution is 2.14. The summed E-state index contributed by atoms with van der Waals surface area (Å²) >= 11 is 0. The Labute approximate surface area is 145 Å². The first-order chi connectivity index (χ1) is 12.2. The van der Waals surface area contributed by atoms with Crippen LogP contribution in [-0.2, 0) is 6.61 Å². The minimum Gasteiger partial charge on any atom is -0.489 e. The molecule has 0 saturated carbocycles. The Morgan fingerprint density at radius 1 is 1.04 bits per heavy atom. The molecular weight excluding hydrogens is 318 g/mol. The SMILES string of the molecule is O=C(NCC(O)c1ccco1)c1ccc(COc2ccccc2)cc1.